The standard InChI is InChI=1S/C15H19BrO4/c1-2-19-15(18)14(17)11-6-7-13(12(16)8-11)20-9-10-4-3-5-10/h6-8,10,14,17H,2-5,9H2,1H3. The Morgan fingerprint density at radius 2 is 2.25 bits per heavy atom. The van der Waals surface area contributed by atoms with E-state index in [0.717, 1.165) is 16.8 Å². The van der Waals surface area contributed by atoms with Crippen molar-refractivity contribution in [2.45, 2.75) is 32.3 Å². The quantitative estimate of drug-likeness (QED) is 0.806. The van der Waals surface area contributed by atoms with Gasteiger partial charge in [-0.1, -0.05) is 12.5 Å². The van der Waals surface area contributed by atoms with Crippen LogP contribution in [0, 0.1) is 5.92 Å². The molecular weight excluding hydrogens is 324 g/mol. The number of rotatable bonds is 6. The highest BCUT2D eigenvalue weighted by Crippen LogP contribution is 2.31. The van der Waals surface area contributed by atoms with Crippen LogP contribution in [0.25, 0.3) is 0 Å². The fourth-order valence-electron chi connectivity index (χ4n) is 2.03. The van der Waals surface area contributed by atoms with Crippen molar-refractivity contribution in [3.63, 3.8) is 0 Å². The van der Waals surface area contributed by atoms with Gasteiger partial charge in [0.2, 0.25) is 0 Å². The summed E-state index contributed by atoms with van der Waals surface area (Å²) in [6.45, 7) is 2.68. The molecule has 0 radical (unpaired) electrons. The molecule has 0 bridgehead atoms. The molecule has 2 rings (SSSR count). The van der Waals surface area contributed by atoms with E-state index in [0.29, 0.717) is 11.5 Å². The van der Waals surface area contributed by atoms with Gasteiger partial charge in [-0.2, -0.15) is 0 Å². The van der Waals surface area contributed by atoms with Crippen molar-refractivity contribution in [2.75, 3.05) is 13.2 Å². The fraction of sp³-hybridized carbons (Fsp3) is 0.533. The Bertz CT molecular complexity index is 471. The number of halogens is 1. The summed E-state index contributed by atoms with van der Waals surface area (Å²) in [6.07, 6.45) is 2.50. The molecule has 4 nitrogen and oxygen atoms in total. The molecule has 1 aliphatic rings. The van der Waals surface area contributed by atoms with E-state index in [1.807, 2.05) is 0 Å². The largest absolute Gasteiger partial charge is 0.492 e. The monoisotopic (exact) mass is 342 g/mol. The summed E-state index contributed by atoms with van der Waals surface area (Å²) in [4.78, 5) is 11.5. The molecule has 5 heteroatoms. The molecule has 1 aliphatic carbocycles. The summed E-state index contributed by atoms with van der Waals surface area (Å²) in [7, 11) is 0. The van der Waals surface area contributed by atoms with Crippen molar-refractivity contribution in [2.24, 2.45) is 5.92 Å². The van der Waals surface area contributed by atoms with Crippen LogP contribution in [0.4, 0.5) is 0 Å². The minimum Gasteiger partial charge on any atom is -0.492 e. The second kappa shape index (κ2) is 7.09. The number of benzene rings is 1. The predicted molar refractivity (Wildman–Crippen MR) is 78.6 cm³/mol. The van der Waals surface area contributed by atoms with E-state index in [9.17, 15) is 9.90 Å². The van der Waals surface area contributed by atoms with Crippen LogP contribution in [0.3, 0.4) is 0 Å². The molecule has 1 aromatic carbocycles. The number of esters is 1. The van der Waals surface area contributed by atoms with E-state index in [-0.39, 0.29) is 6.61 Å². The fourth-order valence-corrected chi connectivity index (χ4v) is 2.54. The van der Waals surface area contributed by atoms with Crippen molar-refractivity contribution >= 4 is 21.9 Å². The molecule has 1 aromatic rings. The zero-order chi connectivity index (χ0) is 14.5. The molecule has 0 spiro atoms. The maximum Gasteiger partial charge on any atom is 0.339 e. The van der Waals surface area contributed by atoms with E-state index < -0.39 is 12.1 Å². The maximum atomic E-state index is 11.5. The molecule has 1 atom stereocenters. The highest BCUT2D eigenvalue weighted by atomic mass is 79.9. The van der Waals surface area contributed by atoms with Gasteiger partial charge in [0.25, 0.3) is 0 Å². The Balaban J connectivity index is 1.98. The number of hydrogen-bond donors (Lipinski definition) is 1. The molecule has 1 N–H and O–H groups in total. The Morgan fingerprint density at radius 3 is 2.80 bits per heavy atom. The van der Waals surface area contributed by atoms with Crippen LogP contribution in [0.2, 0.25) is 0 Å². The summed E-state index contributed by atoms with van der Waals surface area (Å²) in [5, 5.41) is 9.86. The summed E-state index contributed by atoms with van der Waals surface area (Å²) >= 11 is 3.41. The first-order chi connectivity index (χ1) is 9.61. The number of carbonyl (C=O) groups is 1. The summed E-state index contributed by atoms with van der Waals surface area (Å²) in [6, 6.07) is 5.14. The van der Waals surface area contributed by atoms with Crippen LogP contribution in [0.5, 0.6) is 5.75 Å². The molecule has 0 amide bonds. The van der Waals surface area contributed by atoms with E-state index in [2.05, 4.69) is 15.9 Å². The number of aliphatic hydroxyl groups excluding tert-OH is 1. The van der Waals surface area contributed by atoms with Crippen molar-refractivity contribution < 1.29 is 19.4 Å². The molecule has 1 saturated carbocycles. The number of ether oxygens (including phenoxy) is 2. The normalized spacial score (nSPS) is 16.4. The van der Waals surface area contributed by atoms with E-state index in [1.165, 1.54) is 19.3 Å². The van der Waals surface area contributed by atoms with Gasteiger partial charge in [-0.05, 0) is 59.3 Å². The van der Waals surface area contributed by atoms with Gasteiger partial charge in [0.05, 0.1) is 17.7 Å². The third-order valence-corrected chi connectivity index (χ3v) is 4.10. The Kier molecular flexibility index (Phi) is 5.43. The molecule has 0 heterocycles. The van der Waals surface area contributed by atoms with Crippen LogP contribution in [-0.2, 0) is 9.53 Å². The molecule has 1 unspecified atom stereocenters. The van der Waals surface area contributed by atoms with Gasteiger partial charge in [0.15, 0.2) is 6.10 Å². The molecule has 0 aromatic heterocycles. The first kappa shape index (κ1) is 15.3. The van der Waals surface area contributed by atoms with Crippen molar-refractivity contribution in [3.8, 4) is 5.75 Å². The summed E-state index contributed by atoms with van der Waals surface area (Å²) < 4.78 is 11.3. The zero-order valence-corrected chi connectivity index (χ0v) is 13.1. The van der Waals surface area contributed by atoms with Gasteiger partial charge in [0, 0.05) is 0 Å². The lowest BCUT2D eigenvalue weighted by Crippen LogP contribution is -2.19. The summed E-state index contributed by atoms with van der Waals surface area (Å²) in [5.74, 6) is 0.756. The highest BCUT2D eigenvalue weighted by Gasteiger charge is 2.21. The highest BCUT2D eigenvalue weighted by molar-refractivity contribution is 9.10. The average molecular weight is 343 g/mol. The van der Waals surface area contributed by atoms with Gasteiger partial charge in [0.1, 0.15) is 5.75 Å². The second-order valence-corrected chi connectivity index (χ2v) is 5.81. The van der Waals surface area contributed by atoms with Crippen LogP contribution < -0.4 is 4.74 Å². The van der Waals surface area contributed by atoms with Crippen LogP contribution in [0.1, 0.15) is 37.9 Å². The lowest BCUT2D eigenvalue weighted by atomic mass is 9.86. The molecule has 20 heavy (non-hydrogen) atoms. The van der Waals surface area contributed by atoms with Crippen LogP contribution in [-0.4, -0.2) is 24.3 Å². The van der Waals surface area contributed by atoms with E-state index >= 15 is 0 Å². The van der Waals surface area contributed by atoms with Crippen molar-refractivity contribution in [3.05, 3.63) is 28.2 Å². The smallest absolute Gasteiger partial charge is 0.339 e. The van der Waals surface area contributed by atoms with Gasteiger partial charge in [-0.15, -0.1) is 0 Å². The van der Waals surface area contributed by atoms with Gasteiger partial charge >= 0.3 is 5.97 Å². The third kappa shape index (κ3) is 3.73. The van der Waals surface area contributed by atoms with E-state index in [4.69, 9.17) is 9.47 Å². The lowest BCUT2D eigenvalue weighted by Gasteiger charge is -2.25. The molecular formula is C15H19BrO4. The van der Waals surface area contributed by atoms with Crippen LogP contribution in [0.15, 0.2) is 22.7 Å². The third-order valence-electron chi connectivity index (χ3n) is 3.48. The van der Waals surface area contributed by atoms with Gasteiger partial charge in [-0.25, -0.2) is 4.79 Å². The number of carbonyl (C=O) groups excluding carboxylic acids is 1. The second-order valence-electron chi connectivity index (χ2n) is 4.95. The Morgan fingerprint density at radius 1 is 1.50 bits per heavy atom. The van der Waals surface area contributed by atoms with Crippen molar-refractivity contribution in [1.82, 2.24) is 0 Å². The molecule has 0 saturated heterocycles. The maximum absolute atomic E-state index is 11.5. The molecule has 1 fully saturated rings. The first-order valence-corrected chi connectivity index (χ1v) is 7.68. The first-order valence-electron chi connectivity index (χ1n) is 6.88. The van der Waals surface area contributed by atoms with Crippen molar-refractivity contribution in [1.29, 1.82) is 0 Å². The topological polar surface area (TPSA) is 55.8 Å². The zero-order valence-electron chi connectivity index (χ0n) is 11.5. The number of aliphatic hydroxyl groups is 1. The predicted octanol–water partition coefficient (Wildman–Crippen LogP) is 3.22. The minimum atomic E-state index is -1.26. The van der Waals surface area contributed by atoms with Gasteiger partial charge in [-0.3, -0.25) is 0 Å². The lowest BCUT2D eigenvalue weighted by molar-refractivity contribution is -0.153. The Hall–Kier alpha value is -1.07. The SMILES string of the molecule is CCOC(=O)C(O)c1ccc(OCC2CCC2)c(Br)c1. The molecule has 0 aliphatic heterocycles. The van der Waals surface area contributed by atoms with Crippen LogP contribution >= 0.6 is 15.9 Å². The molecule has 110 valence electrons. The number of hydrogen-bond acceptors (Lipinski definition) is 4. The average Bonchev–Trinajstić information content (AvgIpc) is 2.38. The van der Waals surface area contributed by atoms with Gasteiger partial charge < -0.3 is 14.6 Å². The summed E-state index contributed by atoms with van der Waals surface area (Å²) in [5.41, 5.74) is 0.492. The van der Waals surface area contributed by atoms with E-state index in [1.54, 1.807) is 25.1 Å². The minimum absolute atomic E-state index is 0.250. The Labute approximate surface area is 127 Å².